The zero-order valence-corrected chi connectivity index (χ0v) is 15.7. The van der Waals surface area contributed by atoms with E-state index in [-0.39, 0.29) is 0 Å². The van der Waals surface area contributed by atoms with Gasteiger partial charge in [0.05, 0.1) is 23.7 Å². The van der Waals surface area contributed by atoms with Gasteiger partial charge in [-0.25, -0.2) is 4.98 Å². The number of aromatic nitrogens is 2. The maximum Gasteiger partial charge on any atom is 0.146 e. The van der Waals surface area contributed by atoms with Crippen molar-refractivity contribution in [3.63, 3.8) is 0 Å². The van der Waals surface area contributed by atoms with Crippen molar-refractivity contribution in [2.24, 2.45) is 0 Å². The van der Waals surface area contributed by atoms with Crippen molar-refractivity contribution < 1.29 is 4.57 Å². The number of para-hydroxylation sites is 3. The largest absolute Gasteiger partial charge is 0.324 e. The van der Waals surface area contributed by atoms with Crippen LogP contribution in [-0.2, 0) is 10.7 Å². The molecule has 0 aliphatic carbocycles. The van der Waals surface area contributed by atoms with Crippen molar-refractivity contribution in [1.82, 2.24) is 9.38 Å². The molecule has 5 rings (SSSR count). The molecule has 128 valence electrons. The van der Waals surface area contributed by atoms with Gasteiger partial charge in [-0.05, 0) is 48.5 Å². The normalized spacial score (nSPS) is 12.5. The van der Waals surface area contributed by atoms with Gasteiger partial charge >= 0.3 is 0 Å². The van der Waals surface area contributed by atoms with Crippen LogP contribution < -0.4 is 0 Å². The molecule has 4 heteroatoms. The Kier molecular flexibility index (Phi) is 3.26. The first-order valence-corrected chi connectivity index (χ1v) is 11.5. The van der Waals surface area contributed by atoms with Gasteiger partial charge in [-0.3, -0.25) is 4.40 Å². The van der Waals surface area contributed by atoms with E-state index in [1.54, 1.807) is 0 Å². The first-order valence-electron chi connectivity index (χ1n) is 8.76. The molecular weight excluding hydrogens is 339 g/mol. The Morgan fingerprint density at radius 1 is 0.846 bits per heavy atom. The standard InChI is InChI=1S/C22H19N2OP/c1-26(2,25)14-15-11-12-16-17-7-3-5-9-20(17)24-21-10-6-4-8-19(21)23-22(24)18(16)13-15/h3-13H,14H2,1-2H3. The highest BCUT2D eigenvalue weighted by Gasteiger charge is 2.15. The molecule has 0 amide bonds. The third-order valence-electron chi connectivity index (χ3n) is 4.88. The number of benzene rings is 3. The van der Waals surface area contributed by atoms with Gasteiger partial charge in [0.1, 0.15) is 5.65 Å². The quantitative estimate of drug-likeness (QED) is 0.290. The van der Waals surface area contributed by atoms with Crippen LogP contribution >= 0.6 is 7.14 Å². The highest BCUT2D eigenvalue weighted by atomic mass is 31.2. The molecule has 0 bridgehead atoms. The van der Waals surface area contributed by atoms with E-state index < -0.39 is 7.14 Å². The minimum Gasteiger partial charge on any atom is -0.324 e. The fourth-order valence-corrected chi connectivity index (χ4v) is 4.97. The monoisotopic (exact) mass is 358 g/mol. The van der Waals surface area contributed by atoms with E-state index in [2.05, 4.69) is 65.1 Å². The van der Waals surface area contributed by atoms with Crippen molar-refractivity contribution in [3.05, 3.63) is 72.3 Å². The van der Waals surface area contributed by atoms with Crippen LogP contribution in [0.1, 0.15) is 5.56 Å². The van der Waals surface area contributed by atoms with Gasteiger partial charge in [0.2, 0.25) is 0 Å². The van der Waals surface area contributed by atoms with E-state index in [1.807, 2.05) is 19.4 Å². The molecule has 0 spiro atoms. The Hall–Kier alpha value is -2.64. The number of imidazole rings is 1. The van der Waals surface area contributed by atoms with Crippen molar-refractivity contribution in [2.75, 3.05) is 13.3 Å². The van der Waals surface area contributed by atoms with Crippen LogP contribution in [0.5, 0.6) is 0 Å². The van der Waals surface area contributed by atoms with E-state index in [1.165, 1.54) is 10.8 Å². The molecule has 0 atom stereocenters. The zero-order valence-electron chi connectivity index (χ0n) is 14.8. The minimum absolute atomic E-state index is 0.613. The number of hydrogen-bond acceptors (Lipinski definition) is 2. The third kappa shape index (κ3) is 2.35. The molecule has 2 heterocycles. The number of nitrogens with zero attached hydrogens (tertiary/aromatic N) is 2. The maximum atomic E-state index is 12.3. The van der Waals surface area contributed by atoms with Crippen molar-refractivity contribution in [1.29, 1.82) is 0 Å². The summed E-state index contributed by atoms with van der Waals surface area (Å²) in [5, 5.41) is 3.51. The highest BCUT2D eigenvalue weighted by molar-refractivity contribution is 7.61. The fraction of sp³-hybridized carbons (Fsp3) is 0.136. The molecule has 0 fully saturated rings. The van der Waals surface area contributed by atoms with Gasteiger partial charge in [0.25, 0.3) is 0 Å². The topological polar surface area (TPSA) is 34.4 Å². The average Bonchev–Trinajstić information content (AvgIpc) is 3.00. The van der Waals surface area contributed by atoms with Crippen molar-refractivity contribution in [3.8, 4) is 0 Å². The van der Waals surface area contributed by atoms with Gasteiger partial charge in [-0.1, -0.05) is 42.5 Å². The summed E-state index contributed by atoms with van der Waals surface area (Å²) in [5.41, 5.74) is 5.34. The summed E-state index contributed by atoms with van der Waals surface area (Å²) >= 11 is 0. The van der Waals surface area contributed by atoms with Crippen LogP contribution in [0, 0.1) is 0 Å². The minimum atomic E-state index is -2.13. The summed E-state index contributed by atoms with van der Waals surface area (Å²) in [7, 11) is -2.13. The number of hydrogen-bond donors (Lipinski definition) is 0. The Bertz CT molecular complexity index is 1360. The number of pyridine rings is 1. The summed E-state index contributed by atoms with van der Waals surface area (Å²) in [6.45, 7) is 3.69. The van der Waals surface area contributed by atoms with E-state index >= 15 is 0 Å². The lowest BCUT2D eigenvalue weighted by molar-refractivity contribution is 0.582. The molecule has 0 radical (unpaired) electrons. The second kappa shape index (κ2) is 5.43. The molecule has 0 aliphatic heterocycles. The molecule has 3 nitrogen and oxygen atoms in total. The van der Waals surface area contributed by atoms with Gasteiger partial charge in [0.15, 0.2) is 0 Å². The van der Waals surface area contributed by atoms with Crippen LogP contribution in [0.3, 0.4) is 0 Å². The SMILES string of the molecule is CP(C)(=O)Cc1ccc2c3ccccc3n3c4ccccc4nc3c2c1. The lowest BCUT2D eigenvalue weighted by Gasteiger charge is -2.11. The molecule has 26 heavy (non-hydrogen) atoms. The van der Waals surface area contributed by atoms with Crippen LogP contribution in [0.15, 0.2) is 66.7 Å². The molecule has 0 unspecified atom stereocenters. The Morgan fingerprint density at radius 3 is 2.38 bits per heavy atom. The lowest BCUT2D eigenvalue weighted by Crippen LogP contribution is -1.93. The number of rotatable bonds is 2. The average molecular weight is 358 g/mol. The molecule has 3 aromatic carbocycles. The number of fused-ring (bicyclic) bond motifs is 8. The zero-order chi connectivity index (χ0) is 17.9. The predicted octanol–water partition coefficient (Wildman–Crippen LogP) is 5.92. The van der Waals surface area contributed by atoms with Crippen LogP contribution in [0.4, 0.5) is 0 Å². The van der Waals surface area contributed by atoms with E-state index in [0.29, 0.717) is 6.16 Å². The first kappa shape index (κ1) is 15.6. The van der Waals surface area contributed by atoms with Gasteiger partial charge in [-0.2, -0.15) is 0 Å². The van der Waals surface area contributed by atoms with Crippen molar-refractivity contribution in [2.45, 2.75) is 6.16 Å². The smallest absolute Gasteiger partial charge is 0.146 e. The molecule has 5 aromatic rings. The molecule has 0 aliphatic rings. The van der Waals surface area contributed by atoms with E-state index in [4.69, 9.17) is 4.98 Å². The molecule has 0 saturated carbocycles. The Labute approximate surface area is 151 Å². The predicted molar refractivity (Wildman–Crippen MR) is 111 cm³/mol. The third-order valence-corrected chi connectivity index (χ3v) is 6.01. The maximum absolute atomic E-state index is 12.3. The van der Waals surface area contributed by atoms with E-state index in [0.717, 1.165) is 33.1 Å². The second-order valence-electron chi connectivity index (χ2n) is 7.39. The molecule has 2 aromatic heterocycles. The van der Waals surface area contributed by atoms with Gasteiger partial charge < -0.3 is 4.57 Å². The summed E-state index contributed by atoms with van der Waals surface area (Å²) in [6, 6.07) is 23.1. The molecule has 0 saturated heterocycles. The summed E-state index contributed by atoms with van der Waals surface area (Å²) in [5.74, 6) is 0. The van der Waals surface area contributed by atoms with E-state index in [9.17, 15) is 4.57 Å². The van der Waals surface area contributed by atoms with Gasteiger partial charge in [0, 0.05) is 16.9 Å². The summed E-state index contributed by atoms with van der Waals surface area (Å²) in [4.78, 5) is 4.92. The summed E-state index contributed by atoms with van der Waals surface area (Å²) < 4.78 is 14.6. The van der Waals surface area contributed by atoms with Gasteiger partial charge in [-0.15, -0.1) is 0 Å². The second-order valence-corrected chi connectivity index (χ2v) is 10.9. The molecular formula is C22H19N2OP. The first-order chi connectivity index (χ1) is 12.5. The van der Waals surface area contributed by atoms with Crippen LogP contribution in [0.25, 0.3) is 38.4 Å². The summed E-state index contributed by atoms with van der Waals surface area (Å²) in [6.07, 6.45) is 0.613. The lowest BCUT2D eigenvalue weighted by atomic mass is 10.0. The van der Waals surface area contributed by atoms with Crippen LogP contribution in [0.2, 0.25) is 0 Å². The highest BCUT2D eigenvalue weighted by Crippen LogP contribution is 2.41. The fourth-order valence-electron chi connectivity index (χ4n) is 3.90. The van der Waals surface area contributed by atoms with Crippen LogP contribution in [-0.4, -0.2) is 22.7 Å². The Balaban J connectivity index is 2.00. The van der Waals surface area contributed by atoms with Crippen molar-refractivity contribution >= 4 is 45.5 Å². The Morgan fingerprint density at radius 2 is 1.58 bits per heavy atom. The molecule has 0 N–H and O–H groups in total.